The molecule has 0 bridgehead atoms. The standard InChI is InChI=1S/C23H27N3O2/c1-28-22-9-5-4-8-21(22)26-13-12-17(16-26)14-25-23(27)11-10-18-15-24-20-7-3-2-6-19(18)20/h2-9,15,17,24H,10-14,16H2,1H3,(H,25,27). The molecule has 0 spiro atoms. The number of amides is 1. The molecule has 0 radical (unpaired) electrons. The number of nitrogens with zero attached hydrogens (tertiary/aromatic N) is 1. The number of nitrogens with one attached hydrogen (secondary N) is 2. The number of methoxy groups -OCH3 is 1. The van der Waals surface area contributed by atoms with Gasteiger partial charge in [-0.2, -0.15) is 0 Å². The Hall–Kier alpha value is -2.95. The SMILES string of the molecule is COc1ccccc1N1CCC(CNC(=O)CCc2c[nH]c3ccccc23)C1. The molecule has 4 rings (SSSR count). The van der Waals surface area contributed by atoms with Gasteiger partial charge in [0, 0.05) is 43.2 Å². The van der Waals surface area contributed by atoms with E-state index in [9.17, 15) is 4.79 Å². The van der Waals surface area contributed by atoms with Crippen LogP contribution in [0.3, 0.4) is 0 Å². The second-order valence-corrected chi connectivity index (χ2v) is 7.44. The molecule has 28 heavy (non-hydrogen) atoms. The topological polar surface area (TPSA) is 57.4 Å². The van der Waals surface area contributed by atoms with Gasteiger partial charge < -0.3 is 19.9 Å². The Morgan fingerprint density at radius 3 is 2.93 bits per heavy atom. The number of aryl methyl sites for hydroxylation is 1. The van der Waals surface area contributed by atoms with E-state index in [0.29, 0.717) is 12.3 Å². The van der Waals surface area contributed by atoms with E-state index in [0.717, 1.165) is 49.4 Å². The first kappa shape index (κ1) is 18.4. The normalized spacial score (nSPS) is 16.5. The van der Waals surface area contributed by atoms with E-state index < -0.39 is 0 Å². The van der Waals surface area contributed by atoms with Crippen LogP contribution < -0.4 is 15.0 Å². The van der Waals surface area contributed by atoms with Gasteiger partial charge in [0.1, 0.15) is 5.75 Å². The zero-order valence-electron chi connectivity index (χ0n) is 16.3. The molecule has 0 aliphatic carbocycles. The minimum absolute atomic E-state index is 0.126. The molecule has 2 heterocycles. The van der Waals surface area contributed by atoms with E-state index in [2.05, 4.69) is 33.4 Å². The van der Waals surface area contributed by atoms with Crippen molar-refractivity contribution < 1.29 is 9.53 Å². The number of anilines is 1. The average molecular weight is 377 g/mol. The van der Waals surface area contributed by atoms with Gasteiger partial charge in [-0.25, -0.2) is 0 Å². The summed E-state index contributed by atoms with van der Waals surface area (Å²) in [6.07, 6.45) is 4.37. The third kappa shape index (κ3) is 3.98. The summed E-state index contributed by atoms with van der Waals surface area (Å²) in [5.41, 5.74) is 3.47. The van der Waals surface area contributed by atoms with Crippen molar-refractivity contribution in [2.24, 2.45) is 5.92 Å². The van der Waals surface area contributed by atoms with Gasteiger partial charge in [0.05, 0.1) is 12.8 Å². The molecule has 1 saturated heterocycles. The fraction of sp³-hybridized carbons (Fsp3) is 0.348. The molecular formula is C23H27N3O2. The highest BCUT2D eigenvalue weighted by atomic mass is 16.5. The number of carbonyl (C=O) groups is 1. The Labute approximate surface area is 165 Å². The van der Waals surface area contributed by atoms with Crippen LogP contribution in [0.5, 0.6) is 5.75 Å². The number of rotatable bonds is 7. The second-order valence-electron chi connectivity index (χ2n) is 7.44. The van der Waals surface area contributed by atoms with Crippen LogP contribution in [0.1, 0.15) is 18.4 Å². The number of benzene rings is 2. The van der Waals surface area contributed by atoms with Crippen molar-refractivity contribution in [1.29, 1.82) is 0 Å². The molecule has 1 aromatic heterocycles. The molecule has 5 heteroatoms. The maximum atomic E-state index is 12.3. The number of hydrogen-bond acceptors (Lipinski definition) is 3. The van der Waals surface area contributed by atoms with Gasteiger partial charge in [-0.3, -0.25) is 4.79 Å². The first-order chi connectivity index (χ1) is 13.7. The third-order valence-corrected chi connectivity index (χ3v) is 5.60. The Morgan fingerprint density at radius 2 is 2.04 bits per heavy atom. The van der Waals surface area contributed by atoms with E-state index >= 15 is 0 Å². The van der Waals surface area contributed by atoms with Crippen LogP contribution in [-0.4, -0.2) is 37.6 Å². The van der Waals surface area contributed by atoms with Crippen molar-refractivity contribution in [2.45, 2.75) is 19.3 Å². The van der Waals surface area contributed by atoms with Gasteiger partial charge in [-0.1, -0.05) is 30.3 Å². The lowest BCUT2D eigenvalue weighted by Crippen LogP contribution is -2.31. The van der Waals surface area contributed by atoms with Gasteiger partial charge >= 0.3 is 0 Å². The zero-order chi connectivity index (χ0) is 19.3. The predicted octanol–water partition coefficient (Wildman–Crippen LogP) is 3.75. The number of fused-ring (bicyclic) bond motifs is 1. The maximum Gasteiger partial charge on any atom is 0.220 e. The molecule has 1 amide bonds. The number of hydrogen-bond donors (Lipinski definition) is 2. The number of para-hydroxylation sites is 3. The molecule has 0 saturated carbocycles. The molecule has 1 unspecified atom stereocenters. The lowest BCUT2D eigenvalue weighted by Gasteiger charge is -2.21. The first-order valence-corrected chi connectivity index (χ1v) is 9.94. The second kappa shape index (κ2) is 8.38. The smallest absolute Gasteiger partial charge is 0.220 e. The van der Waals surface area contributed by atoms with E-state index in [1.54, 1.807) is 7.11 Å². The van der Waals surface area contributed by atoms with E-state index in [1.807, 2.05) is 36.5 Å². The molecule has 1 aliphatic heterocycles. The quantitative estimate of drug-likeness (QED) is 0.659. The van der Waals surface area contributed by atoms with Crippen LogP contribution in [-0.2, 0) is 11.2 Å². The number of aromatic amines is 1. The highest BCUT2D eigenvalue weighted by molar-refractivity contribution is 5.84. The largest absolute Gasteiger partial charge is 0.495 e. The van der Waals surface area contributed by atoms with Gasteiger partial charge in [0.2, 0.25) is 5.91 Å². The summed E-state index contributed by atoms with van der Waals surface area (Å²) in [6, 6.07) is 16.3. The maximum absolute atomic E-state index is 12.3. The summed E-state index contributed by atoms with van der Waals surface area (Å²) in [6.45, 7) is 2.68. The monoisotopic (exact) mass is 377 g/mol. The number of H-pyrrole nitrogens is 1. The summed E-state index contributed by atoms with van der Waals surface area (Å²) >= 11 is 0. The summed E-state index contributed by atoms with van der Waals surface area (Å²) in [7, 11) is 1.71. The van der Waals surface area contributed by atoms with Crippen molar-refractivity contribution >= 4 is 22.5 Å². The first-order valence-electron chi connectivity index (χ1n) is 9.94. The van der Waals surface area contributed by atoms with Crippen molar-refractivity contribution in [3.05, 3.63) is 60.3 Å². The van der Waals surface area contributed by atoms with Gasteiger partial charge in [-0.15, -0.1) is 0 Å². The van der Waals surface area contributed by atoms with Gasteiger partial charge in [-0.05, 0) is 42.5 Å². The Kier molecular flexibility index (Phi) is 5.51. The van der Waals surface area contributed by atoms with E-state index in [1.165, 1.54) is 10.9 Å². The van der Waals surface area contributed by atoms with Crippen molar-refractivity contribution in [3.63, 3.8) is 0 Å². The number of aromatic nitrogens is 1. The van der Waals surface area contributed by atoms with Crippen LogP contribution in [0.25, 0.3) is 10.9 Å². The minimum atomic E-state index is 0.126. The molecule has 146 valence electrons. The summed E-state index contributed by atoms with van der Waals surface area (Å²) in [5, 5.41) is 4.34. The van der Waals surface area contributed by atoms with Crippen LogP contribution in [0.15, 0.2) is 54.7 Å². The van der Waals surface area contributed by atoms with Gasteiger partial charge in [0.15, 0.2) is 0 Å². The Bertz CT molecular complexity index is 950. The molecule has 2 N–H and O–H groups in total. The van der Waals surface area contributed by atoms with Crippen LogP contribution in [0, 0.1) is 5.92 Å². The zero-order valence-corrected chi connectivity index (χ0v) is 16.3. The summed E-state index contributed by atoms with van der Waals surface area (Å²) in [5.74, 6) is 1.51. The van der Waals surface area contributed by atoms with Crippen molar-refractivity contribution in [3.8, 4) is 5.75 Å². The van der Waals surface area contributed by atoms with E-state index in [4.69, 9.17) is 4.74 Å². The fourth-order valence-electron chi connectivity index (χ4n) is 4.04. The Morgan fingerprint density at radius 1 is 1.21 bits per heavy atom. The highest BCUT2D eigenvalue weighted by Crippen LogP contribution is 2.31. The number of ether oxygens (including phenoxy) is 1. The predicted molar refractivity (Wildman–Crippen MR) is 113 cm³/mol. The number of carbonyl (C=O) groups excluding carboxylic acids is 1. The molecule has 1 aliphatic rings. The molecule has 3 aromatic rings. The molecule has 5 nitrogen and oxygen atoms in total. The summed E-state index contributed by atoms with van der Waals surface area (Å²) < 4.78 is 5.48. The van der Waals surface area contributed by atoms with E-state index in [-0.39, 0.29) is 5.91 Å². The van der Waals surface area contributed by atoms with Crippen LogP contribution >= 0.6 is 0 Å². The fourth-order valence-corrected chi connectivity index (χ4v) is 4.04. The van der Waals surface area contributed by atoms with Crippen molar-refractivity contribution in [2.75, 3.05) is 31.6 Å². The van der Waals surface area contributed by atoms with Crippen LogP contribution in [0.2, 0.25) is 0 Å². The lowest BCUT2D eigenvalue weighted by molar-refractivity contribution is -0.121. The van der Waals surface area contributed by atoms with Crippen LogP contribution in [0.4, 0.5) is 5.69 Å². The minimum Gasteiger partial charge on any atom is -0.495 e. The molecule has 1 atom stereocenters. The lowest BCUT2D eigenvalue weighted by atomic mass is 10.1. The molecule has 2 aromatic carbocycles. The molecular weight excluding hydrogens is 350 g/mol. The Balaban J connectivity index is 1.25. The third-order valence-electron chi connectivity index (χ3n) is 5.60. The molecule has 1 fully saturated rings. The van der Waals surface area contributed by atoms with Crippen molar-refractivity contribution in [1.82, 2.24) is 10.3 Å². The highest BCUT2D eigenvalue weighted by Gasteiger charge is 2.24. The summed E-state index contributed by atoms with van der Waals surface area (Å²) in [4.78, 5) is 17.9. The average Bonchev–Trinajstić information content (AvgIpc) is 3.38. The van der Waals surface area contributed by atoms with Gasteiger partial charge in [0.25, 0.3) is 0 Å².